The van der Waals surface area contributed by atoms with Crippen molar-refractivity contribution in [1.82, 2.24) is 9.97 Å². The zero-order chi connectivity index (χ0) is 9.97. The summed E-state index contributed by atoms with van der Waals surface area (Å²) in [6.07, 6.45) is 3.04. The van der Waals surface area contributed by atoms with Crippen molar-refractivity contribution in [2.24, 2.45) is 0 Å². The Morgan fingerprint density at radius 1 is 1.36 bits per heavy atom. The van der Waals surface area contributed by atoms with Crippen molar-refractivity contribution in [2.45, 2.75) is 6.92 Å². The van der Waals surface area contributed by atoms with Crippen LogP contribution in [0.4, 0.5) is 0 Å². The Balaban J connectivity index is 2.42. The quantitative estimate of drug-likeness (QED) is 0.728. The van der Waals surface area contributed by atoms with E-state index in [4.69, 9.17) is 0 Å². The molecule has 2 rings (SSSR count). The summed E-state index contributed by atoms with van der Waals surface area (Å²) in [5.74, 6) is -0.0133. The predicted molar refractivity (Wildman–Crippen MR) is 53.2 cm³/mol. The summed E-state index contributed by atoms with van der Waals surface area (Å²) in [6.45, 7) is 1.92. The van der Waals surface area contributed by atoms with Gasteiger partial charge in [0.2, 0.25) is 5.78 Å². The topological polar surface area (TPSA) is 45.8 Å². The molecule has 0 atom stereocenters. The fraction of sp³-hybridized carbons (Fsp3) is 0.0909. The normalized spacial score (nSPS) is 10.1. The number of carbonyl (C=O) groups excluding carboxylic acids is 1. The molecule has 14 heavy (non-hydrogen) atoms. The monoisotopic (exact) mass is 186 g/mol. The van der Waals surface area contributed by atoms with E-state index in [0.717, 1.165) is 11.1 Å². The number of benzene rings is 1. The maximum atomic E-state index is 11.9. The van der Waals surface area contributed by atoms with E-state index >= 15 is 0 Å². The van der Waals surface area contributed by atoms with Crippen molar-refractivity contribution in [3.8, 4) is 0 Å². The van der Waals surface area contributed by atoms with Gasteiger partial charge in [0.15, 0.2) is 0 Å². The summed E-state index contributed by atoms with van der Waals surface area (Å²) in [5.41, 5.74) is 2.23. The van der Waals surface area contributed by atoms with Gasteiger partial charge in [-0.15, -0.1) is 0 Å². The molecule has 1 N–H and O–H groups in total. The number of nitrogens with one attached hydrogen (secondary N) is 1. The number of aromatic nitrogens is 2. The maximum Gasteiger partial charge on any atom is 0.211 e. The lowest BCUT2D eigenvalue weighted by Crippen LogP contribution is -2.03. The molecule has 0 radical (unpaired) electrons. The average molecular weight is 186 g/mol. The molecule has 1 aromatic carbocycles. The van der Waals surface area contributed by atoms with Gasteiger partial charge in [0.1, 0.15) is 5.69 Å². The Morgan fingerprint density at radius 3 is 2.79 bits per heavy atom. The van der Waals surface area contributed by atoms with Gasteiger partial charge in [0, 0.05) is 5.56 Å². The number of nitrogens with zero attached hydrogens (tertiary/aromatic N) is 1. The van der Waals surface area contributed by atoms with Gasteiger partial charge >= 0.3 is 0 Å². The second-order valence-electron chi connectivity index (χ2n) is 3.11. The summed E-state index contributed by atoms with van der Waals surface area (Å²) < 4.78 is 0. The Kier molecular flexibility index (Phi) is 2.14. The summed E-state index contributed by atoms with van der Waals surface area (Å²) in [6, 6.07) is 7.51. The lowest BCUT2D eigenvalue weighted by Gasteiger charge is -2.01. The van der Waals surface area contributed by atoms with Gasteiger partial charge in [0.05, 0.1) is 12.5 Å². The van der Waals surface area contributed by atoms with Gasteiger partial charge in [-0.1, -0.05) is 24.3 Å². The number of imidazole rings is 1. The van der Waals surface area contributed by atoms with E-state index in [0.29, 0.717) is 5.69 Å². The zero-order valence-corrected chi connectivity index (χ0v) is 7.82. The maximum absolute atomic E-state index is 11.9. The molecular weight excluding hydrogens is 176 g/mol. The highest BCUT2D eigenvalue weighted by atomic mass is 16.1. The van der Waals surface area contributed by atoms with E-state index in [9.17, 15) is 4.79 Å². The first kappa shape index (κ1) is 8.69. The van der Waals surface area contributed by atoms with Gasteiger partial charge < -0.3 is 4.98 Å². The van der Waals surface area contributed by atoms with Crippen LogP contribution in [0.1, 0.15) is 21.6 Å². The van der Waals surface area contributed by atoms with Crippen LogP contribution >= 0.6 is 0 Å². The number of carbonyl (C=O) groups is 1. The van der Waals surface area contributed by atoms with E-state index in [-0.39, 0.29) is 5.78 Å². The lowest BCUT2D eigenvalue weighted by molar-refractivity contribution is 0.103. The fourth-order valence-corrected chi connectivity index (χ4v) is 1.35. The Bertz CT molecular complexity index is 446. The number of hydrogen-bond acceptors (Lipinski definition) is 2. The first-order valence-corrected chi connectivity index (χ1v) is 4.38. The van der Waals surface area contributed by atoms with Crippen LogP contribution in [0.2, 0.25) is 0 Å². The molecule has 0 saturated carbocycles. The second kappa shape index (κ2) is 3.46. The van der Waals surface area contributed by atoms with Crippen molar-refractivity contribution in [3.05, 3.63) is 53.6 Å². The Labute approximate surface area is 81.8 Å². The van der Waals surface area contributed by atoms with Crippen LogP contribution in [0, 0.1) is 6.92 Å². The highest BCUT2D eigenvalue weighted by Crippen LogP contribution is 2.11. The SMILES string of the molecule is Cc1ccccc1C(=O)c1cnc[nH]1. The molecule has 2 aromatic rings. The minimum absolute atomic E-state index is 0.0133. The van der Waals surface area contributed by atoms with E-state index in [1.807, 2.05) is 31.2 Å². The third-order valence-corrected chi connectivity index (χ3v) is 2.13. The van der Waals surface area contributed by atoms with Crippen LogP contribution in [-0.4, -0.2) is 15.8 Å². The summed E-state index contributed by atoms with van der Waals surface area (Å²) >= 11 is 0. The van der Waals surface area contributed by atoms with Crippen molar-refractivity contribution in [3.63, 3.8) is 0 Å². The molecule has 0 aliphatic rings. The molecule has 0 unspecified atom stereocenters. The minimum atomic E-state index is -0.0133. The number of aryl methyl sites for hydroxylation is 1. The molecule has 0 fully saturated rings. The molecule has 0 bridgehead atoms. The lowest BCUT2D eigenvalue weighted by atomic mass is 10.0. The van der Waals surface area contributed by atoms with Crippen LogP contribution < -0.4 is 0 Å². The third kappa shape index (κ3) is 1.44. The average Bonchev–Trinajstić information content (AvgIpc) is 2.70. The van der Waals surface area contributed by atoms with E-state index in [1.165, 1.54) is 12.5 Å². The first-order chi connectivity index (χ1) is 6.79. The van der Waals surface area contributed by atoms with Crippen molar-refractivity contribution in [1.29, 1.82) is 0 Å². The van der Waals surface area contributed by atoms with Crippen LogP contribution in [-0.2, 0) is 0 Å². The molecule has 0 aliphatic heterocycles. The molecular formula is C11H10N2O. The molecule has 0 aliphatic carbocycles. The van der Waals surface area contributed by atoms with E-state index in [2.05, 4.69) is 9.97 Å². The van der Waals surface area contributed by atoms with Crippen molar-refractivity contribution < 1.29 is 4.79 Å². The van der Waals surface area contributed by atoms with Gasteiger partial charge in [-0.05, 0) is 12.5 Å². The zero-order valence-electron chi connectivity index (χ0n) is 7.82. The van der Waals surface area contributed by atoms with Crippen LogP contribution in [0.5, 0.6) is 0 Å². The molecule has 3 nitrogen and oxygen atoms in total. The minimum Gasteiger partial charge on any atom is -0.342 e. The highest BCUT2D eigenvalue weighted by molar-refractivity contribution is 6.08. The van der Waals surface area contributed by atoms with Crippen LogP contribution in [0.25, 0.3) is 0 Å². The largest absolute Gasteiger partial charge is 0.342 e. The van der Waals surface area contributed by atoms with Crippen molar-refractivity contribution >= 4 is 5.78 Å². The molecule has 1 heterocycles. The fourth-order valence-electron chi connectivity index (χ4n) is 1.35. The molecule has 70 valence electrons. The summed E-state index contributed by atoms with van der Waals surface area (Å²) in [5, 5.41) is 0. The van der Waals surface area contributed by atoms with Crippen molar-refractivity contribution in [2.75, 3.05) is 0 Å². The predicted octanol–water partition coefficient (Wildman–Crippen LogP) is 1.95. The molecule has 0 spiro atoms. The van der Waals surface area contributed by atoms with Gasteiger partial charge in [0.25, 0.3) is 0 Å². The smallest absolute Gasteiger partial charge is 0.211 e. The number of hydrogen-bond donors (Lipinski definition) is 1. The second-order valence-corrected chi connectivity index (χ2v) is 3.11. The summed E-state index contributed by atoms with van der Waals surface area (Å²) in [4.78, 5) is 18.5. The molecule has 1 aromatic heterocycles. The number of aromatic amines is 1. The number of rotatable bonds is 2. The van der Waals surface area contributed by atoms with Crippen LogP contribution in [0.15, 0.2) is 36.8 Å². The van der Waals surface area contributed by atoms with Gasteiger partial charge in [-0.2, -0.15) is 0 Å². The molecule has 0 saturated heterocycles. The standard InChI is InChI=1S/C11H10N2O/c1-8-4-2-3-5-9(8)11(14)10-6-12-7-13-10/h2-7H,1H3,(H,12,13). The Morgan fingerprint density at radius 2 is 2.14 bits per heavy atom. The first-order valence-electron chi connectivity index (χ1n) is 4.38. The molecule has 0 amide bonds. The van der Waals surface area contributed by atoms with Gasteiger partial charge in [-0.3, -0.25) is 4.79 Å². The summed E-state index contributed by atoms with van der Waals surface area (Å²) in [7, 11) is 0. The molecule has 3 heteroatoms. The highest BCUT2D eigenvalue weighted by Gasteiger charge is 2.11. The Hall–Kier alpha value is -1.90. The third-order valence-electron chi connectivity index (χ3n) is 2.13. The van der Waals surface area contributed by atoms with E-state index in [1.54, 1.807) is 0 Å². The number of H-pyrrole nitrogens is 1. The van der Waals surface area contributed by atoms with Gasteiger partial charge in [-0.25, -0.2) is 4.98 Å². The van der Waals surface area contributed by atoms with E-state index < -0.39 is 0 Å². The number of ketones is 1. The van der Waals surface area contributed by atoms with Crippen LogP contribution in [0.3, 0.4) is 0 Å².